The molecule has 0 fully saturated rings. The minimum atomic E-state index is -0.502. The van der Waals surface area contributed by atoms with E-state index < -0.39 is 6.04 Å². The van der Waals surface area contributed by atoms with Gasteiger partial charge in [0.15, 0.2) is 0 Å². The van der Waals surface area contributed by atoms with Crippen molar-refractivity contribution in [1.82, 2.24) is 30.4 Å². The van der Waals surface area contributed by atoms with E-state index in [0.717, 1.165) is 11.1 Å². The maximum absolute atomic E-state index is 12.5. The normalized spacial score (nSPS) is 15.2. The molecule has 4 heterocycles. The van der Waals surface area contributed by atoms with Crippen LogP contribution < -0.4 is 10.9 Å². The van der Waals surface area contributed by atoms with Gasteiger partial charge in [-0.3, -0.25) is 4.79 Å². The minimum absolute atomic E-state index is 0.346. The standard InChI is InChI=1S/C17H13N7O2/c1-9-4-6-10(7-5-9)13-12-14(16(25)20-19-13)18-17-21-22-23-24(17)15(12)11-3-2-8-26-11/h2-8,15H,1H3,(H,20,25)(H,18,21,23). The molecule has 128 valence electrons. The van der Waals surface area contributed by atoms with E-state index in [2.05, 4.69) is 31.0 Å². The quantitative estimate of drug-likeness (QED) is 0.502. The van der Waals surface area contributed by atoms with Crippen molar-refractivity contribution in [3.05, 3.63) is 69.9 Å². The third-order valence-electron chi connectivity index (χ3n) is 4.41. The van der Waals surface area contributed by atoms with Crippen molar-refractivity contribution >= 4 is 11.6 Å². The Kier molecular flexibility index (Phi) is 3.02. The fraction of sp³-hybridized carbons (Fsp3) is 0.118. The van der Waals surface area contributed by atoms with Gasteiger partial charge >= 0.3 is 0 Å². The lowest BCUT2D eigenvalue weighted by atomic mass is 9.95. The lowest BCUT2D eigenvalue weighted by Gasteiger charge is -2.26. The summed E-state index contributed by atoms with van der Waals surface area (Å²) in [6.45, 7) is 2.01. The zero-order chi connectivity index (χ0) is 17.7. The summed E-state index contributed by atoms with van der Waals surface area (Å²) in [5, 5.41) is 21.6. The van der Waals surface area contributed by atoms with Crippen LogP contribution in [0.1, 0.15) is 22.9 Å². The number of anilines is 2. The lowest BCUT2D eigenvalue weighted by Crippen LogP contribution is -2.28. The summed E-state index contributed by atoms with van der Waals surface area (Å²) in [6.07, 6.45) is 1.58. The van der Waals surface area contributed by atoms with E-state index in [1.807, 2.05) is 37.3 Å². The monoisotopic (exact) mass is 347 g/mol. The van der Waals surface area contributed by atoms with Gasteiger partial charge in [-0.15, -0.1) is 0 Å². The van der Waals surface area contributed by atoms with E-state index in [9.17, 15) is 4.79 Å². The Labute approximate surface area is 146 Å². The molecule has 1 aliphatic rings. The Morgan fingerprint density at radius 2 is 2.04 bits per heavy atom. The van der Waals surface area contributed by atoms with Crippen molar-refractivity contribution in [2.75, 3.05) is 5.32 Å². The van der Waals surface area contributed by atoms with Crippen molar-refractivity contribution in [3.63, 3.8) is 0 Å². The van der Waals surface area contributed by atoms with Crippen molar-refractivity contribution in [3.8, 4) is 11.3 Å². The molecule has 9 nitrogen and oxygen atoms in total. The average Bonchev–Trinajstić information content (AvgIpc) is 3.33. The first-order chi connectivity index (χ1) is 12.7. The number of nitrogens with zero attached hydrogens (tertiary/aromatic N) is 5. The van der Waals surface area contributed by atoms with Crippen LogP contribution in [0.25, 0.3) is 11.3 Å². The number of H-pyrrole nitrogens is 1. The molecule has 3 aromatic heterocycles. The number of furan rings is 1. The van der Waals surface area contributed by atoms with Crippen LogP contribution in [0.5, 0.6) is 0 Å². The third-order valence-corrected chi connectivity index (χ3v) is 4.41. The Hall–Kier alpha value is -3.75. The van der Waals surface area contributed by atoms with Crippen LogP contribution in [0.4, 0.5) is 11.6 Å². The molecule has 0 saturated carbocycles. The molecule has 1 atom stereocenters. The summed E-state index contributed by atoms with van der Waals surface area (Å²) in [5.41, 5.74) is 3.32. The molecule has 1 aromatic carbocycles. The van der Waals surface area contributed by atoms with Gasteiger partial charge in [0.25, 0.3) is 5.56 Å². The molecular formula is C17H13N7O2. The summed E-state index contributed by atoms with van der Waals surface area (Å²) in [4.78, 5) is 12.5. The second kappa shape index (κ2) is 5.38. The number of aromatic amines is 1. The van der Waals surface area contributed by atoms with Crippen LogP contribution in [0.2, 0.25) is 0 Å². The minimum Gasteiger partial charge on any atom is -0.467 e. The summed E-state index contributed by atoms with van der Waals surface area (Å²) < 4.78 is 7.21. The number of fused-ring (bicyclic) bond motifs is 2. The average molecular weight is 347 g/mol. The number of nitrogens with one attached hydrogen (secondary N) is 2. The molecule has 1 aliphatic heterocycles. The summed E-state index contributed by atoms with van der Waals surface area (Å²) in [5.74, 6) is 0.979. The Morgan fingerprint density at radius 1 is 1.19 bits per heavy atom. The zero-order valence-electron chi connectivity index (χ0n) is 13.7. The van der Waals surface area contributed by atoms with Gasteiger partial charge in [0, 0.05) is 11.1 Å². The van der Waals surface area contributed by atoms with Crippen LogP contribution in [0.15, 0.2) is 51.9 Å². The van der Waals surface area contributed by atoms with Crippen molar-refractivity contribution in [2.45, 2.75) is 13.0 Å². The van der Waals surface area contributed by atoms with E-state index in [4.69, 9.17) is 4.42 Å². The van der Waals surface area contributed by atoms with E-state index in [1.165, 1.54) is 0 Å². The van der Waals surface area contributed by atoms with Crippen molar-refractivity contribution < 1.29 is 4.42 Å². The van der Waals surface area contributed by atoms with Gasteiger partial charge in [0.2, 0.25) is 5.95 Å². The maximum Gasteiger partial charge on any atom is 0.288 e. The molecule has 2 N–H and O–H groups in total. The summed E-state index contributed by atoms with van der Waals surface area (Å²) in [6, 6.07) is 11.0. The molecule has 0 aliphatic carbocycles. The van der Waals surface area contributed by atoms with Gasteiger partial charge < -0.3 is 9.73 Å². The van der Waals surface area contributed by atoms with E-state index in [0.29, 0.717) is 28.7 Å². The predicted molar refractivity (Wildman–Crippen MR) is 92.1 cm³/mol. The van der Waals surface area contributed by atoms with Crippen molar-refractivity contribution in [1.29, 1.82) is 0 Å². The van der Waals surface area contributed by atoms with Crippen LogP contribution in [-0.2, 0) is 0 Å². The number of rotatable bonds is 2. The number of tetrazole rings is 1. The highest BCUT2D eigenvalue weighted by molar-refractivity contribution is 5.75. The molecule has 26 heavy (non-hydrogen) atoms. The number of benzene rings is 1. The fourth-order valence-corrected chi connectivity index (χ4v) is 3.18. The van der Waals surface area contributed by atoms with E-state index in [1.54, 1.807) is 17.0 Å². The molecule has 0 amide bonds. The highest BCUT2D eigenvalue weighted by atomic mass is 16.3. The number of hydrogen-bond acceptors (Lipinski definition) is 7. The number of aryl methyl sites for hydroxylation is 1. The smallest absolute Gasteiger partial charge is 0.288 e. The highest BCUT2D eigenvalue weighted by Crippen LogP contribution is 2.40. The van der Waals surface area contributed by atoms with E-state index in [-0.39, 0.29) is 5.56 Å². The molecule has 0 saturated heterocycles. The maximum atomic E-state index is 12.5. The molecule has 4 aromatic rings. The van der Waals surface area contributed by atoms with Gasteiger partial charge in [-0.25, -0.2) is 5.10 Å². The molecule has 0 bridgehead atoms. The number of aromatic nitrogens is 6. The molecule has 9 heteroatoms. The van der Waals surface area contributed by atoms with Crippen LogP contribution >= 0.6 is 0 Å². The largest absolute Gasteiger partial charge is 0.467 e. The highest BCUT2D eigenvalue weighted by Gasteiger charge is 2.35. The SMILES string of the molecule is Cc1ccc(-c2n[nH]c(=O)c3c2C(c2ccco2)n2nnnc2N3)cc1. The van der Waals surface area contributed by atoms with Gasteiger partial charge in [0.05, 0.1) is 12.0 Å². The van der Waals surface area contributed by atoms with E-state index >= 15 is 0 Å². The first-order valence-electron chi connectivity index (χ1n) is 8.00. The van der Waals surface area contributed by atoms with Gasteiger partial charge in [-0.2, -0.15) is 9.78 Å². The first kappa shape index (κ1) is 14.6. The Balaban J connectivity index is 1.82. The molecule has 0 radical (unpaired) electrons. The van der Waals surface area contributed by atoms with Gasteiger partial charge in [-0.05, 0) is 29.5 Å². The zero-order valence-corrected chi connectivity index (χ0v) is 13.7. The van der Waals surface area contributed by atoms with Gasteiger partial charge in [0.1, 0.15) is 17.5 Å². The first-order valence-corrected chi connectivity index (χ1v) is 8.00. The van der Waals surface area contributed by atoms with Crippen LogP contribution in [0.3, 0.4) is 0 Å². The number of hydrogen-bond donors (Lipinski definition) is 2. The third kappa shape index (κ3) is 2.07. The summed E-state index contributed by atoms with van der Waals surface area (Å²) in [7, 11) is 0. The molecule has 5 rings (SSSR count). The topological polar surface area (TPSA) is 115 Å². The molecule has 1 unspecified atom stereocenters. The second-order valence-electron chi connectivity index (χ2n) is 6.05. The van der Waals surface area contributed by atoms with Crippen LogP contribution in [0, 0.1) is 6.92 Å². The van der Waals surface area contributed by atoms with Gasteiger partial charge in [-0.1, -0.05) is 34.9 Å². The second-order valence-corrected chi connectivity index (χ2v) is 6.05. The molecule has 0 spiro atoms. The Morgan fingerprint density at radius 3 is 2.81 bits per heavy atom. The molecular weight excluding hydrogens is 334 g/mol. The van der Waals surface area contributed by atoms with Crippen molar-refractivity contribution in [2.24, 2.45) is 0 Å². The lowest BCUT2D eigenvalue weighted by molar-refractivity contribution is 0.435. The fourth-order valence-electron chi connectivity index (χ4n) is 3.18. The van der Waals surface area contributed by atoms with Crippen LogP contribution in [-0.4, -0.2) is 30.4 Å². The summed E-state index contributed by atoms with van der Waals surface area (Å²) >= 11 is 0. The Bertz CT molecular complexity index is 1140. The predicted octanol–water partition coefficient (Wildman–Crippen LogP) is 2.02.